The topological polar surface area (TPSA) is 96.6 Å². The van der Waals surface area contributed by atoms with Gasteiger partial charge in [-0.3, -0.25) is 4.79 Å². The number of aryl methyl sites for hydroxylation is 3. The van der Waals surface area contributed by atoms with E-state index in [0.717, 1.165) is 10.6 Å². The molecule has 0 radical (unpaired) electrons. The summed E-state index contributed by atoms with van der Waals surface area (Å²) in [6.07, 6.45) is 0. The van der Waals surface area contributed by atoms with Crippen molar-refractivity contribution in [2.45, 2.75) is 25.7 Å². The summed E-state index contributed by atoms with van der Waals surface area (Å²) in [5, 5.41) is 4.55. The number of sulfonamides is 1. The molecule has 0 saturated carbocycles. The van der Waals surface area contributed by atoms with Crippen molar-refractivity contribution in [3.63, 3.8) is 0 Å². The summed E-state index contributed by atoms with van der Waals surface area (Å²) in [6.45, 7) is 6.11. The van der Waals surface area contributed by atoms with Crippen LogP contribution in [-0.2, 0) is 10.0 Å². The normalized spacial score (nSPS) is 15.5. The maximum Gasteiger partial charge on any atom is 0.265 e. The van der Waals surface area contributed by atoms with Crippen LogP contribution >= 0.6 is 11.3 Å². The summed E-state index contributed by atoms with van der Waals surface area (Å²) in [7, 11) is -3.70. The molecule has 1 amide bonds. The number of amides is 1. The van der Waals surface area contributed by atoms with Gasteiger partial charge in [0.2, 0.25) is 10.0 Å². The first kappa shape index (κ1) is 20.7. The third-order valence-corrected chi connectivity index (χ3v) is 8.44. The SMILES string of the molecule is Cc1nc(-c2ccccc2)sc1C(=O)N1CCN(S(=O)(=O)c2c(C)noc2C)CC1. The minimum Gasteiger partial charge on any atom is -0.360 e. The van der Waals surface area contributed by atoms with Crippen molar-refractivity contribution in [3.05, 3.63) is 52.4 Å². The van der Waals surface area contributed by atoms with E-state index < -0.39 is 10.0 Å². The Kier molecular flexibility index (Phi) is 5.48. The molecule has 1 aromatic carbocycles. The van der Waals surface area contributed by atoms with E-state index in [0.29, 0.717) is 29.4 Å². The number of rotatable bonds is 4. The number of carbonyl (C=O) groups excluding carboxylic acids is 1. The molecule has 1 fully saturated rings. The lowest BCUT2D eigenvalue weighted by Crippen LogP contribution is -2.50. The van der Waals surface area contributed by atoms with Gasteiger partial charge in [-0.1, -0.05) is 35.5 Å². The molecule has 0 atom stereocenters. The smallest absolute Gasteiger partial charge is 0.265 e. The van der Waals surface area contributed by atoms with E-state index in [1.165, 1.54) is 15.6 Å². The zero-order valence-corrected chi connectivity index (χ0v) is 18.6. The van der Waals surface area contributed by atoms with Gasteiger partial charge < -0.3 is 9.42 Å². The molecule has 1 aliphatic rings. The molecule has 0 spiro atoms. The van der Waals surface area contributed by atoms with Crippen LogP contribution in [0.2, 0.25) is 0 Å². The molecule has 2 aromatic heterocycles. The van der Waals surface area contributed by atoms with Crippen LogP contribution in [0.5, 0.6) is 0 Å². The largest absolute Gasteiger partial charge is 0.360 e. The number of thiazole rings is 1. The van der Waals surface area contributed by atoms with E-state index in [4.69, 9.17) is 4.52 Å². The molecule has 0 bridgehead atoms. The molecule has 10 heteroatoms. The number of carbonyl (C=O) groups is 1. The zero-order chi connectivity index (χ0) is 21.5. The van der Waals surface area contributed by atoms with E-state index in [9.17, 15) is 13.2 Å². The first-order valence-electron chi connectivity index (χ1n) is 9.54. The third kappa shape index (κ3) is 3.66. The van der Waals surface area contributed by atoms with Crippen molar-refractivity contribution in [3.8, 4) is 10.6 Å². The first-order valence-corrected chi connectivity index (χ1v) is 11.8. The lowest BCUT2D eigenvalue weighted by molar-refractivity contribution is 0.0701. The Morgan fingerprint density at radius 3 is 2.30 bits per heavy atom. The fourth-order valence-electron chi connectivity index (χ4n) is 3.55. The number of benzene rings is 1. The molecule has 0 aliphatic carbocycles. The van der Waals surface area contributed by atoms with Crippen molar-refractivity contribution >= 4 is 27.3 Å². The van der Waals surface area contributed by atoms with Crippen LogP contribution in [0.1, 0.15) is 26.8 Å². The van der Waals surface area contributed by atoms with Gasteiger partial charge in [0.1, 0.15) is 20.5 Å². The van der Waals surface area contributed by atoms with Gasteiger partial charge in [-0.15, -0.1) is 11.3 Å². The van der Waals surface area contributed by atoms with Crippen LogP contribution in [-0.4, -0.2) is 59.8 Å². The summed E-state index contributed by atoms with van der Waals surface area (Å²) in [6, 6.07) is 9.74. The Bertz CT molecular complexity index is 1160. The van der Waals surface area contributed by atoms with E-state index in [1.807, 2.05) is 37.3 Å². The Morgan fingerprint density at radius 2 is 1.70 bits per heavy atom. The molecule has 0 N–H and O–H groups in total. The van der Waals surface area contributed by atoms with Gasteiger partial charge in [-0.25, -0.2) is 13.4 Å². The van der Waals surface area contributed by atoms with E-state index in [-0.39, 0.29) is 29.7 Å². The second-order valence-electron chi connectivity index (χ2n) is 7.15. The van der Waals surface area contributed by atoms with Gasteiger partial charge in [-0.2, -0.15) is 4.31 Å². The molecular formula is C20H22N4O4S2. The predicted molar refractivity (Wildman–Crippen MR) is 113 cm³/mol. The first-order chi connectivity index (χ1) is 14.3. The van der Waals surface area contributed by atoms with E-state index in [2.05, 4.69) is 10.1 Å². The summed E-state index contributed by atoms with van der Waals surface area (Å²) in [5.74, 6) is 0.168. The highest BCUT2D eigenvalue weighted by atomic mass is 32.2. The van der Waals surface area contributed by atoms with Gasteiger partial charge in [0.05, 0.1) is 5.69 Å². The van der Waals surface area contributed by atoms with Gasteiger partial charge in [0.15, 0.2) is 5.76 Å². The predicted octanol–water partition coefficient (Wildman–Crippen LogP) is 2.87. The molecular weight excluding hydrogens is 424 g/mol. The quantitative estimate of drug-likeness (QED) is 0.611. The lowest BCUT2D eigenvalue weighted by Gasteiger charge is -2.33. The second kappa shape index (κ2) is 7.93. The van der Waals surface area contributed by atoms with Crippen LogP contribution in [0, 0.1) is 20.8 Å². The van der Waals surface area contributed by atoms with Crippen molar-refractivity contribution in [2.24, 2.45) is 0 Å². The Hall–Kier alpha value is -2.56. The highest BCUT2D eigenvalue weighted by molar-refractivity contribution is 7.89. The van der Waals surface area contributed by atoms with Crippen LogP contribution < -0.4 is 0 Å². The third-order valence-electron chi connectivity index (χ3n) is 5.10. The standard InChI is InChI=1S/C20H22N4O4S2/c1-13-17(29-19(21-13)16-7-5-4-6-8-16)20(25)23-9-11-24(12-10-23)30(26,27)18-14(2)22-28-15(18)3/h4-8H,9-12H2,1-3H3. The van der Waals surface area contributed by atoms with Gasteiger partial charge in [-0.05, 0) is 20.8 Å². The van der Waals surface area contributed by atoms with Crippen molar-refractivity contribution < 1.29 is 17.7 Å². The highest BCUT2D eigenvalue weighted by Crippen LogP contribution is 2.29. The summed E-state index contributed by atoms with van der Waals surface area (Å²) < 4.78 is 32.3. The fourth-order valence-corrected chi connectivity index (χ4v) is 6.30. The van der Waals surface area contributed by atoms with Crippen LogP contribution in [0.15, 0.2) is 39.8 Å². The maximum atomic E-state index is 13.1. The molecule has 1 saturated heterocycles. The highest BCUT2D eigenvalue weighted by Gasteiger charge is 2.35. The van der Waals surface area contributed by atoms with Crippen molar-refractivity contribution in [1.29, 1.82) is 0 Å². The minimum absolute atomic E-state index is 0.110. The Morgan fingerprint density at radius 1 is 1.03 bits per heavy atom. The number of hydrogen-bond donors (Lipinski definition) is 0. The van der Waals surface area contributed by atoms with Gasteiger partial charge in [0.25, 0.3) is 5.91 Å². The number of piperazine rings is 1. The molecule has 0 unspecified atom stereocenters. The fraction of sp³-hybridized carbons (Fsp3) is 0.350. The second-order valence-corrected chi connectivity index (χ2v) is 10.0. The van der Waals surface area contributed by atoms with E-state index in [1.54, 1.807) is 18.7 Å². The Labute approximate surface area is 179 Å². The minimum atomic E-state index is -3.70. The number of hydrogen-bond acceptors (Lipinski definition) is 7. The molecule has 1 aliphatic heterocycles. The molecule has 4 rings (SSSR count). The molecule has 3 heterocycles. The summed E-state index contributed by atoms with van der Waals surface area (Å²) >= 11 is 1.37. The lowest BCUT2D eigenvalue weighted by atomic mass is 10.2. The van der Waals surface area contributed by atoms with Crippen LogP contribution in [0.3, 0.4) is 0 Å². The maximum absolute atomic E-state index is 13.1. The molecule has 3 aromatic rings. The average molecular weight is 447 g/mol. The summed E-state index contributed by atoms with van der Waals surface area (Å²) in [5.41, 5.74) is 2.01. The molecule has 158 valence electrons. The summed E-state index contributed by atoms with van der Waals surface area (Å²) in [4.78, 5) is 20.0. The number of nitrogens with zero attached hydrogens (tertiary/aromatic N) is 4. The molecule has 30 heavy (non-hydrogen) atoms. The molecule has 8 nitrogen and oxygen atoms in total. The average Bonchev–Trinajstić information content (AvgIpc) is 3.30. The number of aromatic nitrogens is 2. The van der Waals surface area contributed by atoms with E-state index >= 15 is 0 Å². The van der Waals surface area contributed by atoms with Crippen LogP contribution in [0.4, 0.5) is 0 Å². The van der Waals surface area contributed by atoms with Crippen LogP contribution in [0.25, 0.3) is 10.6 Å². The Balaban J connectivity index is 1.48. The van der Waals surface area contributed by atoms with Gasteiger partial charge >= 0.3 is 0 Å². The van der Waals surface area contributed by atoms with Gasteiger partial charge in [0, 0.05) is 31.7 Å². The zero-order valence-electron chi connectivity index (χ0n) is 17.0. The van der Waals surface area contributed by atoms with Crippen molar-refractivity contribution in [1.82, 2.24) is 19.3 Å². The monoisotopic (exact) mass is 446 g/mol. The van der Waals surface area contributed by atoms with Crippen molar-refractivity contribution in [2.75, 3.05) is 26.2 Å².